The Morgan fingerprint density at radius 2 is 1.86 bits per heavy atom. The van der Waals surface area contributed by atoms with Crippen molar-refractivity contribution in [2.45, 2.75) is 40.2 Å². The number of likely N-dealkylation sites (N-methyl/N-ethyl adjacent to an activating group) is 1. The summed E-state index contributed by atoms with van der Waals surface area (Å²) in [5, 5.41) is 3.43. The van der Waals surface area contributed by atoms with Gasteiger partial charge in [-0.25, -0.2) is 4.99 Å². The fourth-order valence-corrected chi connectivity index (χ4v) is 4.21. The van der Waals surface area contributed by atoms with Crippen molar-refractivity contribution in [1.82, 2.24) is 9.80 Å². The van der Waals surface area contributed by atoms with Crippen LogP contribution < -0.4 is 10.2 Å². The second kappa shape index (κ2) is 13.6. The molecule has 0 unspecified atom stereocenters. The molecule has 3 rings (SSSR count). The van der Waals surface area contributed by atoms with Gasteiger partial charge in [-0.15, -0.1) is 0 Å². The Morgan fingerprint density at radius 1 is 1.11 bits per heavy atom. The van der Waals surface area contributed by atoms with Crippen molar-refractivity contribution in [3.05, 3.63) is 95.0 Å². The van der Waals surface area contributed by atoms with Crippen molar-refractivity contribution >= 4 is 24.0 Å². The zero-order valence-electron chi connectivity index (χ0n) is 23.0. The molecule has 0 aromatic heterocycles. The van der Waals surface area contributed by atoms with Gasteiger partial charge in [-0.1, -0.05) is 54.5 Å². The Morgan fingerprint density at radius 3 is 2.57 bits per heavy atom. The van der Waals surface area contributed by atoms with Crippen molar-refractivity contribution in [3.63, 3.8) is 0 Å². The number of hydrogen-bond acceptors (Lipinski definition) is 5. The molecule has 0 saturated heterocycles. The lowest BCUT2D eigenvalue weighted by atomic mass is 10.1. The first-order chi connectivity index (χ1) is 17.8. The number of aliphatic imine (C=N–C) groups is 1. The normalized spacial score (nSPS) is 15.4. The number of benzene rings is 2. The highest BCUT2D eigenvalue weighted by molar-refractivity contribution is 6.08. The summed E-state index contributed by atoms with van der Waals surface area (Å²) < 4.78 is 0. The molecule has 2 aromatic carbocycles. The molecule has 37 heavy (non-hydrogen) atoms. The third-order valence-corrected chi connectivity index (χ3v) is 6.66. The van der Waals surface area contributed by atoms with Gasteiger partial charge in [0.15, 0.2) is 0 Å². The molecule has 0 radical (unpaired) electrons. The summed E-state index contributed by atoms with van der Waals surface area (Å²) in [6.07, 6.45) is 5.86. The fourth-order valence-electron chi connectivity index (χ4n) is 4.21. The molecule has 2 aromatic rings. The van der Waals surface area contributed by atoms with Crippen molar-refractivity contribution < 1.29 is 4.79 Å². The molecule has 0 fully saturated rings. The molecule has 6 heteroatoms. The van der Waals surface area contributed by atoms with Gasteiger partial charge in [-0.3, -0.25) is 4.79 Å². The Labute approximate surface area is 222 Å². The van der Waals surface area contributed by atoms with Gasteiger partial charge in [0.25, 0.3) is 5.91 Å². The van der Waals surface area contributed by atoms with E-state index < -0.39 is 0 Å². The summed E-state index contributed by atoms with van der Waals surface area (Å²) in [6.45, 7) is 13.2. The van der Waals surface area contributed by atoms with Gasteiger partial charge in [-0.2, -0.15) is 0 Å². The summed E-state index contributed by atoms with van der Waals surface area (Å²) in [5.41, 5.74) is 6.12. The maximum atomic E-state index is 13.6. The van der Waals surface area contributed by atoms with Crippen molar-refractivity contribution in [2.24, 2.45) is 4.99 Å². The highest BCUT2D eigenvalue weighted by Gasteiger charge is 2.27. The summed E-state index contributed by atoms with van der Waals surface area (Å²) in [7, 11) is 4.11. The number of carbonyl (C=O) groups is 1. The molecule has 0 bridgehead atoms. The second-order valence-corrected chi connectivity index (χ2v) is 9.78. The summed E-state index contributed by atoms with van der Waals surface area (Å²) in [6, 6.07) is 18.6. The van der Waals surface area contributed by atoms with E-state index in [4.69, 9.17) is 0 Å². The van der Waals surface area contributed by atoms with Crippen LogP contribution >= 0.6 is 0 Å². The zero-order chi connectivity index (χ0) is 26.8. The number of hydrogen-bond donors (Lipinski definition) is 1. The van der Waals surface area contributed by atoms with Crippen LogP contribution in [0.2, 0.25) is 0 Å². The van der Waals surface area contributed by atoms with Crippen LogP contribution in [0.5, 0.6) is 0 Å². The number of amides is 1. The van der Waals surface area contributed by atoms with Gasteiger partial charge in [0, 0.05) is 44.6 Å². The molecule has 0 spiro atoms. The maximum absolute atomic E-state index is 13.6. The largest absolute Gasteiger partial charge is 0.362 e. The molecule has 196 valence electrons. The number of rotatable bonds is 11. The third kappa shape index (κ3) is 7.92. The standard InChI is InChI=1S/C31H41N5O/c1-7-24(2)20-29-30(32-4)35(6)18-19-36(31(29)37)28-15-11-14-27(21-28)33-22-25(3)16-17-34(5)23-26-12-9-8-10-13-26/h8-15,20-22,33H,4,7,16-19,23H2,1-3,5-6H3/b24-20-,25-22+. The number of carbonyl (C=O) groups excluding carboxylic acids is 1. The molecule has 1 aliphatic rings. The van der Waals surface area contributed by atoms with E-state index in [1.54, 1.807) is 0 Å². The smallest absolute Gasteiger partial charge is 0.262 e. The number of anilines is 2. The molecule has 0 aliphatic carbocycles. The molecular weight excluding hydrogens is 458 g/mol. The van der Waals surface area contributed by atoms with Crippen molar-refractivity contribution in [2.75, 3.05) is 43.9 Å². The van der Waals surface area contributed by atoms with E-state index in [9.17, 15) is 4.79 Å². The quantitative estimate of drug-likeness (QED) is 0.381. The average molecular weight is 500 g/mol. The van der Waals surface area contributed by atoms with E-state index in [0.717, 1.165) is 42.9 Å². The van der Waals surface area contributed by atoms with E-state index >= 15 is 0 Å². The SMILES string of the molecule is C=NC1=C(/C=C(/C)CC)C(=O)N(c2cccc(N/C=C(\C)CCN(C)Cc3ccccc3)c2)CCN1C. The van der Waals surface area contributed by atoms with Crippen LogP contribution in [-0.2, 0) is 11.3 Å². The summed E-state index contributed by atoms with van der Waals surface area (Å²) in [4.78, 5) is 24.0. The monoisotopic (exact) mass is 499 g/mol. The molecular formula is C31H41N5O. The third-order valence-electron chi connectivity index (χ3n) is 6.66. The molecule has 1 aliphatic heterocycles. The maximum Gasteiger partial charge on any atom is 0.262 e. The van der Waals surface area contributed by atoms with E-state index in [1.807, 2.05) is 60.2 Å². The van der Waals surface area contributed by atoms with Crippen LogP contribution in [0.4, 0.5) is 11.4 Å². The molecule has 1 amide bonds. The lowest BCUT2D eigenvalue weighted by Crippen LogP contribution is -2.34. The van der Waals surface area contributed by atoms with Crippen LogP contribution in [0, 0.1) is 0 Å². The van der Waals surface area contributed by atoms with Crippen LogP contribution in [0.25, 0.3) is 0 Å². The van der Waals surface area contributed by atoms with E-state index in [-0.39, 0.29) is 5.91 Å². The first-order valence-corrected chi connectivity index (χ1v) is 13.0. The predicted molar refractivity (Wildman–Crippen MR) is 157 cm³/mol. The lowest BCUT2D eigenvalue weighted by molar-refractivity contribution is -0.114. The number of nitrogens with one attached hydrogen (secondary N) is 1. The highest BCUT2D eigenvalue weighted by Crippen LogP contribution is 2.27. The van der Waals surface area contributed by atoms with Gasteiger partial charge in [0.2, 0.25) is 0 Å². The highest BCUT2D eigenvalue weighted by atomic mass is 16.2. The second-order valence-electron chi connectivity index (χ2n) is 9.78. The minimum atomic E-state index is -0.0510. The minimum absolute atomic E-state index is 0.0510. The van der Waals surface area contributed by atoms with Crippen LogP contribution in [0.3, 0.4) is 0 Å². The molecule has 6 nitrogen and oxygen atoms in total. The van der Waals surface area contributed by atoms with Crippen LogP contribution in [0.1, 0.15) is 39.2 Å². The zero-order valence-corrected chi connectivity index (χ0v) is 23.0. The topological polar surface area (TPSA) is 51.2 Å². The summed E-state index contributed by atoms with van der Waals surface area (Å²) in [5.74, 6) is 0.579. The average Bonchev–Trinajstić information content (AvgIpc) is 3.02. The lowest BCUT2D eigenvalue weighted by Gasteiger charge is -2.22. The van der Waals surface area contributed by atoms with Crippen molar-refractivity contribution in [1.29, 1.82) is 0 Å². The molecule has 0 atom stereocenters. The molecule has 1 heterocycles. The Balaban J connectivity index is 1.69. The van der Waals surface area contributed by atoms with E-state index in [0.29, 0.717) is 24.5 Å². The van der Waals surface area contributed by atoms with Crippen LogP contribution in [-0.4, -0.2) is 56.2 Å². The minimum Gasteiger partial charge on any atom is -0.362 e. The first-order valence-electron chi connectivity index (χ1n) is 13.0. The van der Waals surface area contributed by atoms with E-state index in [1.165, 1.54) is 11.1 Å². The summed E-state index contributed by atoms with van der Waals surface area (Å²) >= 11 is 0. The number of nitrogens with zero attached hydrogens (tertiary/aromatic N) is 4. The van der Waals surface area contributed by atoms with Gasteiger partial charge in [0.1, 0.15) is 5.82 Å². The van der Waals surface area contributed by atoms with E-state index in [2.05, 4.69) is 73.3 Å². The first kappa shape index (κ1) is 27.9. The Bertz CT molecular complexity index is 1170. The molecule has 1 N–H and O–H groups in total. The number of allylic oxidation sites excluding steroid dienone is 1. The van der Waals surface area contributed by atoms with Crippen molar-refractivity contribution in [3.8, 4) is 0 Å². The Kier molecular flexibility index (Phi) is 10.3. The van der Waals surface area contributed by atoms with Gasteiger partial charge < -0.3 is 20.0 Å². The predicted octanol–water partition coefficient (Wildman–Crippen LogP) is 6.07. The fraction of sp³-hybridized carbons (Fsp3) is 0.355. The molecule has 0 saturated carbocycles. The van der Waals surface area contributed by atoms with Gasteiger partial charge >= 0.3 is 0 Å². The van der Waals surface area contributed by atoms with Crippen LogP contribution in [0.15, 0.2) is 94.4 Å². The van der Waals surface area contributed by atoms with Gasteiger partial charge in [-0.05, 0) is 76.5 Å². The van der Waals surface area contributed by atoms with Gasteiger partial charge in [0.05, 0.1) is 5.57 Å². The Hall–Kier alpha value is -3.64.